The summed E-state index contributed by atoms with van der Waals surface area (Å²) in [6.45, 7) is 8.04. The van der Waals surface area contributed by atoms with Crippen molar-refractivity contribution in [1.82, 2.24) is 4.90 Å². The van der Waals surface area contributed by atoms with Crippen molar-refractivity contribution in [2.75, 3.05) is 7.05 Å². The molecule has 22 heavy (non-hydrogen) atoms. The van der Waals surface area contributed by atoms with Gasteiger partial charge in [0, 0.05) is 13.1 Å². The minimum absolute atomic E-state index is 0.0884. The molecule has 1 saturated carbocycles. The van der Waals surface area contributed by atoms with E-state index in [9.17, 15) is 4.79 Å². The van der Waals surface area contributed by atoms with Crippen LogP contribution in [0.25, 0.3) is 0 Å². The first kappa shape index (κ1) is 16.9. The summed E-state index contributed by atoms with van der Waals surface area (Å²) in [5, 5.41) is 0. The Morgan fingerprint density at radius 1 is 1.18 bits per heavy atom. The number of amides is 1. The number of aryl methyl sites for hydroxylation is 2. The van der Waals surface area contributed by atoms with Gasteiger partial charge in [-0.3, -0.25) is 4.79 Å². The average Bonchev–Trinajstić information content (AvgIpc) is 2.51. The molecular formula is C19H29NO2. The first-order valence-corrected chi connectivity index (χ1v) is 8.41. The van der Waals surface area contributed by atoms with Crippen LogP contribution in [0.4, 0.5) is 0 Å². The minimum atomic E-state index is -0.438. The van der Waals surface area contributed by atoms with Crippen LogP contribution < -0.4 is 4.74 Å². The predicted molar refractivity (Wildman–Crippen MR) is 90.4 cm³/mol. The topological polar surface area (TPSA) is 29.5 Å². The molecule has 1 aromatic carbocycles. The second-order valence-corrected chi connectivity index (χ2v) is 6.71. The van der Waals surface area contributed by atoms with Gasteiger partial charge in [-0.2, -0.15) is 0 Å². The fourth-order valence-electron chi connectivity index (χ4n) is 3.30. The number of benzene rings is 1. The monoisotopic (exact) mass is 303 g/mol. The molecule has 1 unspecified atom stereocenters. The van der Waals surface area contributed by atoms with Gasteiger partial charge >= 0.3 is 0 Å². The molecule has 1 aliphatic carbocycles. The van der Waals surface area contributed by atoms with Crippen LogP contribution in [0.1, 0.15) is 55.7 Å². The molecule has 0 aliphatic heterocycles. The maximum absolute atomic E-state index is 12.6. The van der Waals surface area contributed by atoms with E-state index in [1.807, 2.05) is 31.9 Å². The number of nitrogens with zero attached hydrogens (tertiary/aromatic N) is 1. The van der Waals surface area contributed by atoms with Gasteiger partial charge in [-0.25, -0.2) is 0 Å². The highest BCUT2D eigenvalue weighted by atomic mass is 16.5. The van der Waals surface area contributed by atoms with E-state index < -0.39 is 6.10 Å². The SMILES string of the molecule is Cc1cc(C)c(C)c(OC(C)C(=O)N(C)C2CCCCC2)c1. The summed E-state index contributed by atoms with van der Waals surface area (Å²) in [5.74, 6) is 0.917. The lowest BCUT2D eigenvalue weighted by Gasteiger charge is -2.33. The van der Waals surface area contributed by atoms with Crippen molar-refractivity contribution < 1.29 is 9.53 Å². The van der Waals surface area contributed by atoms with Crippen LogP contribution in [-0.4, -0.2) is 30.0 Å². The Morgan fingerprint density at radius 2 is 1.82 bits per heavy atom. The molecular weight excluding hydrogens is 274 g/mol. The third-order valence-electron chi connectivity index (χ3n) is 4.89. The van der Waals surface area contributed by atoms with Crippen LogP contribution >= 0.6 is 0 Å². The number of carbonyl (C=O) groups is 1. The van der Waals surface area contributed by atoms with Crippen molar-refractivity contribution in [3.8, 4) is 5.75 Å². The quantitative estimate of drug-likeness (QED) is 0.835. The van der Waals surface area contributed by atoms with Gasteiger partial charge in [-0.15, -0.1) is 0 Å². The molecule has 0 N–H and O–H groups in total. The fourth-order valence-corrected chi connectivity index (χ4v) is 3.30. The van der Waals surface area contributed by atoms with Crippen LogP contribution in [0.3, 0.4) is 0 Å². The van der Waals surface area contributed by atoms with Crippen molar-refractivity contribution in [2.45, 2.75) is 71.9 Å². The lowest BCUT2D eigenvalue weighted by molar-refractivity contribution is -0.139. The summed E-state index contributed by atoms with van der Waals surface area (Å²) >= 11 is 0. The molecule has 1 aromatic rings. The Bertz CT molecular complexity index is 532. The van der Waals surface area contributed by atoms with Crippen LogP contribution in [-0.2, 0) is 4.79 Å². The Kier molecular flexibility index (Phi) is 5.49. The molecule has 122 valence electrons. The van der Waals surface area contributed by atoms with E-state index in [0.717, 1.165) is 24.2 Å². The summed E-state index contributed by atoms with van der Waals surface area (Å²) in [5.41, 5.74) is 3.49. The number of likely N-dealkylation sites (N-methyl/N-ethyl adjacent to an activating group) is 1. The molecule has 1 aliphatic rings. The minimum Gasteiger partial charge on any atom is -0.481 e. The molecule has 0 heterocycles. The van der Waals surface area contributed by atoms with E-state index in [1.54, 1.807) is 0 Å². The van der Waals surface area contributed by atoms with Crippen molar-refractivity contribution in [2.24, 2.45) is 0 Å². The van der Waals surface area contributed by atoms with Gasteiger partial charge < -0.3 is 9.64 Å². The average molecular weight is 303 g/mol. The number of hydrogen-bond acceptors (Lipinski definition) is 2. The third-order valence-corrected chi connectivity index (χ3v) is 4.89. The second kappa shape index (κ2) is 7.17. The zero-order valence-corrected chi connectivity index (χ0v) is 14.6. The number of hydrogen-bond donors (Lipinski definition) is 0. The Hall–Kier alpha value is -1.51. The van der Waals surface area contributed by atoms with E-state index in [2.05, 4.69) is 19.9 Å². The van der Waals surface area contributed by atoms with E-state index in [1.165, 1.54) is 30.4 Å². The van der Waals surface area contributed by atoms with Crippen molar-refractivity contribution in [3.63, 3.8) is 0 Å². The van der Waals surface area contributed by atoms with Gasteiger partial charge in [0.1, 0.15) is 5.75 Å². The first-order valence-electron chi connectivity index (χ1n) is 8.41. The van der Waals surface area contributed by atoms with Gasteiger partial charge in [0.15, 0.2) is 6.10 Å². The highest BCUT2D eigenvalue weighted by molar-refractivity contribution is 5.81. The third kappa shape index (κ3) is 3.82. The molecule has 1 fully saturated rings. The van der Waals surface area contributed by atoms with Gasteiger partial charge in [0.05, 0.1) is 0 Å². The fraction of sp³-hybridized carbons (Fsp3) is 0.632. The van der Waals surface area contributed by atoms with Crippen molar-refractivity contribution in [3.05, 3.63) is 28.8 Å². The normalized spacial score (nSPS) is 17.1. The lowest BCUT2D eigenvalue weighted by Crippen LogP contribution is -2.44. The summed E-state index contributed by atoms with van der Waals surface area (Å²) in [4.78, 5) is 14.5. The standard InChI is InChI=1S/C19H29NO2/c1-13-11-14(2)15(3)18(12-13)22-16(4)19(21)20(5)17-9-7-6-8-10-17/h11-12,16-17H,6-10H2,1-5H3. The van der Waals surface area contributed by atoms with E-state index in [0.29, 0.717) is 6.04 Å². The van der Waals surface area contributed by atoms with Gasteiger partial charge in [-0.1, -0.05) is 25.3 Å². The molecule has 0 saturated heterocycles. The van der Waals surface area contributed by atoms with E-state index in [4.69, 9.17) is 4.74 Å². The molecule has 1 atom stereocenters. The van der Waals surface area contributed by atoms with E-state index >= 15 is 0 Å². The van der Waals surface area contributed by atoms with Crippen LogP contribution in [0.2, 0.25) is 0 Å². The smallest absolute Gasteiger partial charge is 0.263 e. The molecule has 0 spiro atoms. The maximum Gasteiger partial charge on any atom is 0.263 e. The van der Waals surface area contributed by atoms with Crippen molar-refractivity contribution in [1.29, 1.82) is 0 Å². The zero-order chi connectivity index (χ0) is 16.3. The molecule has 1 amide bonds. The largest absolute Gasteiger partial charge is 0.481 e. The highest BCUT2D eigenvalue weighted by Crippen LogP contribution is 2.26. The predicted octanol–water partition coefficient (Wildman–Crippen LogP) is 4.17. The van der Waals surface area contributed by atoms with Crippen LogP contribution in [0.5, 0.6) is 5.75 Å². The first-order chi connectivity index (χ1) is 10.4. The summed E-state index contributed by atoms with van der Waals surface area (Å²) in [6, 6.07) is 4.54. The molecule has 0 aromatic heterocycles. The second-order valence-electron chi connectivity index (χ2n) is 6.71. The summed E-state index contributed by atoms with van der Waals surface area (Å²) < 4.78 is 5.99. The number of rotatable bonds is 4. The van der Waals surface area contributed by atoms with Gasteiger partial charge in [0.2, 0.25) is 0 Å². The number of ether oxygens (including phenoxy) is 1. The Balaban J connectivity index is 2.05. The molecule has 2 rings (SSSR count). The molecule has 0 radical (unpaired) electrons. The summed E-state index contributed by atoms with van der Waals surface area (Å²) in [7, 11) is 1.92. The molecule has 3 heteroatoms. The Labute approximate surface area is 134 Å². The zero-order valence-electron chi connectivity index (χ0n) is 14.6. The van der Waals surface area contributed by atoms with Crippen LogP contribution in [0.15, 0.2) is 12.1 Å². The van der Waals surface area contributed by atoms with Crippen molar-refractivity contribution >= 4 is 5.91 Å². The van der Waals surface area contributed by atoms with E-state index in [-0.39, 0.29) is 5.91 Å². The van der Waals surface area contributed by atoms with Gasteiger partial charge in [-0.05, 0) is 63.3 Å². The van der Waals surface area contributed by atoms with Crippen LogP contribution in [0, 0.1) is 20.8 Å². The molecule has 3 nitrogen and oxygen atoms in total. The van der Waals surface area contributed by atoms with Gasteiger partial charge in [0.25, 0.3) is 5.91 Å². The highest BCUT2D eigenvalue weighted by Gasteiger charge is 2.26. The maximum atomic E-state index is 12.6. The summed E-state index contributed by atoms with van der Waals surface area (Å²) in [6.07, 6.45) is 5.56. The molecule has 0 bridgehead atoms. The Morgan fingerprint density at radius 3 is 2.45 bits per heavy atom. The number of carbonyl (C=O) groups excluding carboxylic acids is 1. The lowest BCUT2D eigenvalue weighted by atomic mass is 9.94.